The number of pyridine rings is 2. The molecule has 0 radical (unpaired) electrons. The Morgan fingerprint density at radius 3 is 2.71 bits per heavy atom. The predicted octanol–water partition coefficient (Wildman–Crippen LogP) is 3.77. The number of aromatic nitrogens is 4. The summed E-state index contributed by atoms with van der Waals surface area (Å²) >= 11 is 0. The van der Waals surface area contributed by atoms with Crippen LogP contribution in [0.3, 0.4) is 0 Å². The van der Waals surface area contributed by atoms with Gasteiger partial charge in [-0.15, -0.1) is 0 Å². The molecule has 0 aliphatic heterocycles. The molecule has 0 aliphatic rings. The van der Waals surface area contributed by atoms with Crippen molar-refractivity contribution in [2.45, 2.75) is 19.1 Å². The Balaban J connectivity index is 1.82. The molecule has 0 fully saturated rings. The lowest BCUT2D eigenvalue weighted by molar-refractivity contribution is -0.138. The highest BCUT2D eigenvalue weighted by molar-refractivity contribution is 5.95. The van der Waals surface area contributed by atoms with Crippen molar-refractivity contribution in [3.63, 3.8) is 0 Å². The number of imidazole rings is 1. The number of hydrogen-bond donors (Lipinski definition) is 6. The van der Waals surface area contributed by atoms with E-state index < -0.39 is 23.3 Å². The fourth-order valence-corrected chi connectivity index (χ4v) is 4.10. The molecule has 0 amide bonds. The molecule has 3 heterocycles. The van der Waals surface area contributed by atoms with Gasteiger partial charge in [0.1, 0.15) is 11.4 Å². The van der Waals surface area contributed by atoms with Crippen LogP contribution in [-0.4, -0.2) is 53.3 Å². The van der Waals surface area contributed by atoms with Crippen molar-refractivity contribution in [3.8, 4) is 11.4 Å². The first-order valence-electron chi connectivity index (χ1n) is 11.8. The number of nitrogens with one attached hydrogen (secondary N) is 5. The second-order valence-corrected chi connectivity index (χ2v) is 8.57. The maximum absolute atomic E-state index is 13.7. The zero-order valence-corrected chi connectivity index (χ0v) is 21.0. The highest BCUT2D eigenvalue weighted by Crippen LogP contribution is 2.37. The van der Waals surface area contributed by atoms with Gasteiger partial charge in [0.2, 0.25) is 0 Å². The Kier molecular flexibility index (Phi) is 7.67. The van der Waals surface area contributed by atoms with Gasteiger partial charge in [-0.3, -0.25) is 14.8 Å². The Morgan fingerprint density at radius 1 is 1.21 bits per heavy atom. The fraction of sp³-hybridized carbons (Fsp3) is 0.280. The van der Waals surface area contributed by atoms with Gasteiger partial charge < -0.3 is 31.7 Å². The summed E-state index contributed by atoms with van der Waals surface area (Å²) in [7, 11) is 3.36. The number of hydrogen-bond acceptors (Lipinski definition) is 8. The lowest BCUT2D eigenvalue weighted by Crippen LogP contribution is -2.22. The molecular weight excluding hydrogens is 499 g/mol. The molecule has 4 aromatic rings. The molecule has 4 rings (SSSR count). The van der Waals surface area contributed by atoms with Gasteiger partial charge >= 0.3 is 6.18 Å². The highest BCUT2D eigenvalue weighted by atomic mass is 19.4. The minimum Gasteiger partial charge on any atom is -0.395 e. The standard InChI is InChI=1S/C25H28F3N9O/c1-13(21-15(25(26,27)28)5-4-8-33-21)34-22-19(24(38)37-18(12-31-3)20(22)29)23-35-16-7-6-14(11-17(16)36-23)32-10-9-30-2/h4-8,11-13,30,32H,9-10,29H2,1-3H3,(H,35,36)(H2,34,37,38)/t13-/m1/s1. The molecule has 1 aromatic carbocycles. The van der Waals surface area contributed by atoms with E-state index in [0.29, 0.717) is 17.6 Å². The number of H-pyrrole nitrogens is 2. The number of nitrogens with two attached hydrogens (primary N) is 1. The maximum Gasteiger partial charge on any atom is 0.418 e. The van der Waals surface area contributed by atoms with Gasteiger partial charge in [0.25, 0.3) is 5.56 Å². The van der Waals surface area contributed by atoms with Crippen molar-refractivity contribution >= 4 is 34.3 Å². The van der Waals surface area contributed by atoms with Crippen molar-refractivity contribution < 1.29 is 13.2 Å². The number of alkyl halides is 3. The van der Waals surface area contributed by atoms with Gasteiger partial charge in [0.05, 0.1) is 45.4 Å². The Bertz CT molecular complexity index is 1530. The van der Waals surface area contributed by atoms with E-state index >= 15 is 0 Å². The van der Waals surface area contributed by atoms with Crippen LogP contribution in [-0.2, 0) is 6.18 Å². The van der Waals surface area contributed by atoms with Crippen LogP contribution in [0, 0.1) is 0 Å². The number of nitrogens with zero attached hydrogens (tertiary/aromatic N) is 3. The first kappa shape index (κ1) is 26.7. The van der Waals surface area contributed by atoms with Crippen molar-refractivity contribution in [2.24, 2.45) is 4.99 Å². The molecule has 0 aliphatic carbocycles. The van der Waals surface area contributed by atoms with Crippen molar-refractivity contribution in [1.29, 1.82) is 0 Å². The van der Waals surface area contributed by atoms with Crippen molar-refractivity contribution in [1.82, 2.24) is 25.3 Å². The number of benzene rings is 1. The average molecular weight is 528 g/mol. The van der Waals surface area contributed by atoms with Gasteiger partial charge in [0, 0.05) is 38.2 Å². The first-order valence-corrected chi connectivity index (χ1v) is 11.8. The third-order valence-corrected chi connectivity index (χ3v) is 5.88. The van der Waals surface area contributed by atoms with E-state index in [1.165, 1.54) is 32.4 Å². The summed E-state index contributed by atoms with van der Waals surface area (Å²) in [5.74, 6) is 0.201. The normalized spacial score (nSPS) is 12.8. The molecule has 0 bridgehead atoms. The molecule has 0 saturated heterocycles. The maximum atomic E-state index is 13.7. The zero-order valence-electron chi connectivity index (χ0n) is 21.0. The van der Waals surface area contributed by atoms with E-state index in [-0.39, 0.29) is 34.2 Å². The molecular formula is C25H28F3N9O. The Labute approximate surface area is 216 Å². The van der Waals surface area contributed by atoms with E-state index in [1.807, 2.05) is 19.2 Å². The minimum absolute atomic E-state index is 0.0491. The molecule has 1 atom stereocenters. The van der Waals surface area contributed by atoms with Gasteiger partial charge in [0.15, 0.2) is 0 Å². The number of anilines is 3. The van der Waals surface area contributed by atoms with Crippen LogP contribution in [0.25, 0.3) is 22.4 Å². The number of nitrogen functional groups attached to an aromatic ring is 1. The molecule has 200 valence electrons. The van der Waals surface area contributed by atoms with Crippen LogP contribution in [0.4, 0.5) is 30.2 Å². The molecule has 10 nitrogen and oxygen atoms in total. The smallest absolute Gasteiger partial charge is 0.395 e. The number of fused-ring (bicyclic) bond motifs is 1. The summed E-state index contributed by atoms with van der Waals surface area (Å²) in [5, 5.41) is 9.32. The molecule has 7 N–H and O–H groups in total. The molecule has 0 spiro atoms. The summed E-state index contributed by atoms with van der Waals surface area (Å²) in [5.41, 5.74) is 7.29. The number of likely N-dealkylation sites (N-methyl/N-ethyl adjacent to an activating group) is 1. The lowest BCUT2D eigenvalue weighted by Gasteiger charge is -2.22. The SMILES string of the molecule is CN=Cc1[nH]c(=O)c(-c2nc3ccc(NCCNC)cc3[nH]2)c(N[C@H](C)c2ncccc2C(F)(F)F)c1N. The Morgan fingerprint density at radius 2 is 2.00 bits per heavy atom. The van der Waals surface area contributed by atoms with Crippen LogP contribution in [0.1, 0.15) is 29.9 Å². The second-order valence-electron chi connectivity index (χ2n) is 8.57. The lowest BCUT2D eigenvalue weighted by atomic mass is 10.1. The minimum atomic E-state index is -4.61. The Hall–Kier alpha value is -4.39. The van der Waals surface area contributed by atoms with Gasteiger partial charge in [-0.2, -0.15) is 13.2 Å². The van der Waals surface area contributed by atoms with Crippen LogP contribution < -0.4 is 27.2 Å². The summed E-state index contributed by atoms with van der Waals surface area (Å²) in [6.07, 6.45) is -1.97. The molecule has 3 aromatic heterocycles. The molecule has 38 heavy (non-hydrogen) atoms. The second kappa shape index (κ2) is 10.9. The largest absolute Gasteiger partial charge is 0.418 e. The predicted molar refractivity (Wildman–Crippen MR) is 144 cm³/mol. The molecule has 0 saturated carbocycles. The number of aromatic amines is 2. The highest BCUT2D eigenvalue weighted by Gasteiger charge is 2.35. The summed E-state index contributed by atoms with van der Waals surface area (Å²) < 4.78 is 41.0. The van der Waals surface area contributed by atoms with Crippen molar-refractivity contribution in [2.75, 3.05) is 43.6 Å². The van der Waals surface area contributed by atoms with Crippen LogP contribution >= 0.6 is 0 Å². The monoisotopic (exact) mass is 527 g/mol. The van der Waals surface area contributed by atoms with Gasteiger partial charge in [-0.1, -0.05) is 0 Å². The van der Waals surface area contributed by atoms with E-state index in [4.69, 9.17) is 5.73 Å². The van der Waals surface area contributed by atoms with Crippen LogP contribution in [0.2, 0.25) is 0 Å². The topological polar surface area (TPSA) is 149 Å². The summed E-state index contributed by atoms with van der Waals surface area (Å²) in [6, 6.07) is 6.73. The molecule has 13 heteroatoms. The quantitative estimate of drug-likeness (QED) is 0.143. The number of halogens is 3. The average Bonchev–Trinajstić information content (AvgIpc) is 3.29. The third kappa shape index (κ3) is 5.47. The van der Waals surface area contributed by atoms with Crippen molar-refractivity contribution in [3.05, 3.63) is 63.8 Å². The molecule has 0 unspecified atom stereocenters. The first-order chi connectivity index (χ1) is 18.1. The van der Waals surface area contributed by atoms with Gasteiger partial charge in [-0.05, 0) is 44.3 Å². The third-order valence-electron chi connectivity index (χ3n) is 5.88. The van der Waals surface area contributed by atoms with E-state index in [1.54, 1.807) is 6.07 Å². The van der Waals surface area contributed by atoms with Gasteiger partial charge in [-0.25, -0.2) is 4.98 Å². The zero-order chi connectivity index (χ0) is 27.4. The van der Waals surface area contributed by atoms with E-state index in [2.05, 4.69) is 40.9 Å². The van der Waals surface area contributed by atoms with E-state index in [9.17, 15) is 18.0 Å². The van der Waals surface area contributed by atoms with Crippen LogP contribution in [0.5, 0.6) is 0 Å². The summed E-state index contributed by atoms with van der Waals surface area (Å²) in [4.78, 5) is 31.5. The van der Waals surface area contributed by atoms with Crippen LogP contribution in [0.15, 0.2) is 46.3 Å². The fourth-order valence-electron chi connectivity index (χ4n) is 4.10. The number of aliphatic imine (C=N–C) groups is 1. The summed E-state index contributed by atoms with van der Waals surface area (Å²) in [6.45, 7) is 2.99. The number of rotatable bonds is 9. The van der Waals surface area contributed by atoms with E-state index in [0.717, 1.165) is 18.3 Å².